The van der Waals surface area contributed by atoms with Crippen LogP contribution in [-0.4, -0.2) is 23.2 Å². The van der Waals surface area contributed by atoms with Crippen LogP contribution in [0.25, 0.3) is 0 Å². The van der Waals surface area contributed by atoms with Gasteiger partial charge in [-0.2, -0.15) is 0 Å². The summed E-state index contributed by atoms with van der Waals surface area (Å²) in [6.45, 7) is 3.23. The average Bonchev–Trinajstić information content (AvgIpc) is 2.46. The lowest BCUT2D eigenvalue weighted by Gasteiger charge is -2.25. The van der Waals surface area contributed by atoms with Crippen LogP contribution in [0.3, 0.4) is 0 Å². The lowest BCUT2D eigenvalue weighted by Crippen LogP contribution is -2.27. The fraction of sp³-hybridized carbons (Fsp3) is 0.267. The number of anilines is 2. The Morgan fingerprint density at radius 1 is 1.30 bits per heavy atom. The molecular weight excluding hydrogens is 318 g/mol. The molecule has 0 saturated heterocycles. The maximum atomic E-state index is 9.28. The third-order valence-corrected chi connectivity index (χ3v) is 4.12. The fourth-order valence-corrected chi connectivity index (χ4v) is 2.57. The van der Waals surface area contributed by atoms with Crippen molar-refractivity contribution in [2.45, 2.75) is 13.5 Å². The minimum absolute atomic E-state index is 0.0738. The number of benzene rings is 1. The van der Waals surface area contributed by atoms with Crippen LogP contribution in [0.1, 0.15) is 11.1 Å². The summed E-state index contributed by atoms with van der Waals surface area (Å²) in [4.78, 5) is 6.43. The van der Waals surface area contributed by atoms with Crippen molar-refractivity contribution in [3.8, 4) is 0 Å². The van der Waals surface area contributed by atoms with E-state index in [-0.39, 0.29) is 6.61 Å². The molecule has 1 aromatic carbocycles. The molecule has 20 heavy (non-hydrogen) atoms. The highest BCUT2D eigenvalue weighted by atomic mass is 79.9. The van der Waals surface area contributed by atoms with Gasteiger partial charge in [0.2, 0.25) is 0 Å². The second-order valence-corrected chi connectivity index (χ2v) is 5.40. The second kappa shape index (κ2) is 6.72. The minimum atomic E-state index is 0.0738. The third-order valence-electron chi connectivity index (χ3n) is 3.17. The molecule has 3 N–H and O–H groups in total. The molecule has 0 fully saturated rings. The molecule has 1 aromatic heterocycles. The van der Waals surface area contributed by atoms with E-state index in [0.717, 1.165) is 15.9 Å². The lowest BCUT2D eigenvalue weighted by molar-refractivity contribution is 0.301. The first-order chi connectivity index (χ1) is 9.63. The molecule has 0 atom stereocenters. The topological polar surface area (TPSA) is 62.4 Å². The predicted molar refractivity (Wildman–Crippen MR) is 85.7 cm³/mol. The smallest absolute Gasteiger partial charge is 0.143 e. The number of hydrogen-bond acceptors (Lipinski definition) is 4. The number of aliphatic hydroxyl groups is 1. The van der Waals surface area contributed by atoms with Gasteiger partial charge in [0.25, 0.3) is 0 Å². The number of aromatic nitrogens is 1. The van der Waals surface area contributed by atoms with Crippen LogP contribution < -0.4 is 10.6 Å². The molecule has 2 rings (SSSR count). The van der Waals surface area contributed by atoms with Crippen molar-refractivity contribution in [1.29, 1.82) is 0 Å². The van der Waals surface area contributed by atoms with Crippen LogP contribution in [0.4, 0.5) is 11.5 Å². The first kappa shape index (κ1) is 14.8. The number of nitrogen functional groups attached to an aromatic ring is 1. The van der Waals surface area contributed by atoms with Crippen LogP contribution in [0, 0.1) is 6.92 Å². The summed E-state index contributed by atoms with van der Waals surface area (Å²) >= 11 is 3.55. The number of rotatable bonds is 5. The molecule has 0 aliphatic carbocycles. The normalized spacial score (nSPS) is 10.6. The van der Waals surface area contributed by atoms with E-state index in [1.54, 1.807) is 6.20 Å². The first-order valence-electron chi connectivity index (χ1n) is 6.43. The Bertz CT molecular complexity index is 575. The number of halogens is 1. The summed E-state index contributed by atoms with van der Waals surface area (Å²) < 4.78 is 0.877. The highest BCUT2D eigenvalue weighted by Crippen LogP contribution is 2.31. The van der Waals surface area contributed by atoms with E-state index in [0.29, 0.717) is 18.8 Å². The molecule has 106 valence electrons. The van der Waals surface area contributed by atoms with Crippen molar-refractivity contribution in [2.75, 3.05) is 23.8 Å². The van der Waals surface area contributed by atoms with Gasteiger partial charge in [-0.05, 0) is 34.0 Å². The number of hydrogen-bond donors (Lipinski definition) is 2. The van der Waals surface area contributed by atoms with Gasteiger partial charge in [0, 0.05) is 13.1 Å². The number of pyridine rings is 1. The SMILES string of the molecule is Cc1c(N)cnc(N(CCO)Cc2ccccc2)c1Br. The van der Waals surface area contributed by atoms with Gasteiger partial charge >= 0.3 is 0 Å². The molecule has 0 saturated carbocycles. The zero-order valence-electron chi connectivity index (χ0n) is 11.4. The summed E-state index contributed by atoms with van der Waals surface area (Å²) in [5.74, 6) is 0.801. The highest BCUT2D eigenvalue weighted by Gasteiger charge is 2.14. The van der Waals surface area contributed by atoms with Crippen molar-refractivity contribution < 1.29 is 5.11 Å². The van der Waals surface area contributed by atoms with Gasteiger partial charge in [-0.1, -0.05) is 30.3 Å². The van der Waals surface area contributed by atoms with E-state index < -0.39 is 0 Å². The predicted octanol–water partition coefficient (Wildman–Crippen LogP) is 2.73. The molecule has 0 aliphatic heterocycles. The van der Waals surface area contributed by atoms with Crippen molar-refractivity contribution in [1.82, 2.24) is 4.98 Å². The Morgan fingerprint density at radius 3 is 2.65 bits per heavy atom. The molecule has 2 aromatic rings. The van der Waals surface area contributed by atoms with Crippen LogP contribution in [0.2, 0.25) is 0 Å². The molecule has 0 unspecified atom stereocenters. The maximum Gasteiger partial charge on any atom is 0.143 e. The van der Waals surface area contributed by atoms with Crippen LogP contribution in [0.5, 0.6) is 0 Å². The van der Waals surface area contributed by atoms with Gasteiger partial charge in [-0.3, -0.25) is 0 Å². The van der Waals surface area contributed by atoms with E-state index in [1.165, 1.54) is 5.56 Å². The lowest BCUT2D eigenvalue weighted by atomic mass is 10.2. The Labute approximate surface area is 127 Å². The van der Waals surface area contributed by atoms with Gasteiger partial charge in [-0.25, -0.2) is 4.98 Å². The van der Waals surface area contributed by atoms with Crippen molar-refractivity contribution in [3.63, 3.8) is 0 Å². The molecule has 0 spiro atoms. The summed E-state index contributed by atoms with van der Waals surface area (Å²) in [5.41, 5.74) is 8.65. The Hall–Kier alpha value is -1.59. The maximum absolute atomic E-state index is 9.28. The van der Waals surface area contributed by atoms with Crippen molar-refractivity contribution >= 4 is 27.4 Å². The van der Waals surface area contributed by atoms with E-state index in [2.05, 4.69) is 33.0 Å². The molecular formula is C15H18BrN3O. The quantitative estimate of drug-likeness (QED) is 0.881. The molecule has 0 radical (unpaired) electrons. The molecule has 5 heteroatoms. The van der Waals surface area contributed by atoms with Gasteiger partial charge in [0.05, 0.1) is 23.0 Å². The molecule has 4 nitrogen and oxygen atoms in total. The highest BCUT2D eigenvalue weighted by molar-refractivity contribution is 9.10. The standard InChI is InChI=1S/C15H18BrN3O/c1-11-13(17)9-18-15(14(11)16)19(7-8-20)10-12-5-3-2-4-6-12/h2-6,9,20H,7-8,10,17H2,1H3. The second-order valence-electron chi connectivity index (χ2n) is 4.61. The Kier molecular flexibility index (Phi) is 4.98. The van der Waals surface area contributed by atoms with E-state index in [4.69, 9.17) is 5.73 Å². The van der Waals surface area contributed by atoms with Crippen molar-refractivity contribution in [2.24, 2.45) is 0 Å². The number of aliphatic hydroxyl groups excluding tert-OH is 1. The molecule has 0 bridgehead atoms. The zero-order chi connectivity index (χ0) is 14.5. The first-order valence-corrected chi connectivity index (χ1v) is 7.23. The van der Waals surface area contributed by atoms with Gasteiger partial charge < -0.3 is 15.7 Å². The van der Waals surface area contributed by atoms with Crippen LogP contribution in [-0.2, 0) is 6.54 Å². The average molecular weight is 336 g/mol. The summed E-state index contributed by atoms with van der Waals surface area (Å²) in [5, 5.41) is 9.28. The summed E-state index contributed by atoms with van der Waals surface area (Å²) in [6, 6.07) is 10.1. The number of nitrogens with two attached hydrogens (primary N) is 1. The molecule has 0 aliphatic rings. The molecule has 0 amide bonds. The van der Waals surface area contributed by atoms with Crippen LogP contribution in [0.15, 0.2) is 41.0 Å². The van der Waals surface area contributed by atoms with Crippen LogP contribution >= 0.6 is 15.9 Å². The molecule has 1 heterocycles. The van der Waals surface area contributed by atoms with Crippen molar-refractivity contribution in [3.05, 3.63) is 52.1 Å². The van der Waals surface area contributed by atoms with Gasteiger partial charge in [0.15, 0.2) is 0 Å². The minimum Gasteiger partial charge on any atom is -0.397 e. The fourth-order valence-electron chi connectivity index (χ4n) is 1.98. The third kappa shape index (κ3) is 3.29. The monoisotopic (exact) mass is 335 g/mol. The number of nitrogens with zero attached hydrogens (tertiary/aromatic N) is 2. The Balaban J connectivity index is 2.31. The van der Waals surface area contributed by atoms with E-state index >= 15 is 0 Å². The summed E-state index contributed by atoms with van der Waals surface area (Å²) in [6.07, 6.45) is 1.66. The Morgan fingerprint density at radius 2 is 2.00 bits per heavy atom. The van der Waals surface area contributed by atoms with E-state index in [9.17, 15) is 5.11 Å². The van der Waals surface area contributed by atoms with E-state index in [1.807, 2.05) is 30.0 Å². The zero-order valence-corrected chi connectivity index (χ0v) is 13.0. The van der Waals surface area contributed by atoms with Gasteiger partial charge in [0.1, 0.15) is 5.82 Å². The van der Waals surface area contributed by atoms with Gasteiger partial charge in [-0.15, -0.1) is 0 Å². The summed E-state index contributed by atoms with van der Waals surface area (Å²) in [7, 11) is 0. The largest absolute Gasteiger partial charge is 0.397 e.